The molecule has 0 radical (unpaired) electrons. The van der Waals surface area contributed by atoms with E-state index in [1.165, 1.54) is 44.7 Å². The maximum absolute atomic E-state index is 13.1. The van der Waals surface area contributed by atoms with Crippen LogP contribution in [0.1, 0.15) is 5.56 Å². The van der Waals surface area contributed by atoms with Gasteiger partial charge in [-0.1, -0.05) is 12.1 Å². The Balaban J connectivity index is 1.85. The number of hydrogen-bond acceptors (Lipinski definition) is 5. The summed E-state index contributed by atoms with van der Waals surface area (Å²) >= 11 is 0. The van der Waals surface area contributed by atoms with E-state index < -0.39 is 29.2 Å². The first kappa shape index (κ1) is 22.7. The monoisotopic (exact) mass is 448 g/mol. The van der Waals surface area contributed by atoms with Gasteiger partial charge in [-0.3, -0.25) is 14.3 Å². The van der Waals surface area contributed by atoms with Gasteiger partial charge in [-0.15, -0.1) is 0 Å². The minimum Gasteiger partial charge on any atom is -0.496 e. The molecule has 0 aliphatic heterocycles. The van der Waals surface area contributed by atoms with Crippen molar-refractivity contribution in [2.24, 2.45) is 7.05 Å². The number of aryl methyl sites for hydroxylation is 1. The average molecular weight is 448 g/mol. The van der Waals surface area contributed by atoms with Crippen LogP contribution in [-0.4, -0.2) is 35.8 Å². The number of aromatic nitrogens is 2. The molecule has 0 saturated carbocycles. The highest BCUT2D eigenvalue weighted by Gasteiger charge is 2.34. The minimum atomic E-state index is -4.69. The van der Waals surface area contributed by atoms with Gasteiger partial charge in [0.05, 0.1) is 31.7 Å². The van der Waals surface area contributed by atoms with Gasteiger partial charge in [0, 0.05) is 18.3 Å². The largest absolute Gasteiger partial charge is 0.496 e. The number of alkyl halides is 3. The van der Waals surface area contributed by atoms with E-state index >= 15 is 0 Å². The lowest BCUT2D eigenvalue weighted by Crippen LogP contribution is -2.30. The van der Waals surface area contributed by atoms with Crippen LogP contribution in [0.5, 0.6) is 11.5 Å². The van der Waals surface area contributed by atoms with E-state index in [1.54, 1.807) is 17.8 Å². The summed E-state index contributed by atoms with van der Waals surface area (Å²) < 4.78 is 51.5. The second kappa shape index (κ2) is 9.00. The summed E-state index contributed by atoms with van der Waals surface area (Å²) in [6, 6.07) is 8.96. The van der Waals surface area contributed by atoms with Crippen LogP contribution in [0.15, 0.2) is 48.7 Å². The number of rotatable bonds is 5. The van der Waals surface area contributed by atoms with Crippen LogP contribution in [0, 0.1) is 0 Å². The van der Waals surface area contributed by atoms with E-state index in [0.717, 1.165) is 12.1 Å². The number of ether oxygens (including phenoxy) is 2. The quantitative estimate of drug-likeness (QED) is 0.581. The van der Waals surface area contributed by atoms with Gasteiger partial charge in [0.1, 0.15) is 11.4 Å². The fraction of sp³-hybridized carbons (Fsp3) is 0.190. The fourth-order valence-electron chi connectivity index (χ4n) is 3.05. The number of carbonyl (C=O) groups is 2. The molecule has 0 spiro atoms. The van der Waals surface area contributed by atoms with Gasteiger partial charge < -0.3 is 20.1 Å². The summed E-state index contributed by atoms with van der Waals surface area (Å²) in [6.07, 6.45) is -3.18. The maximum Gasteiger partial charge on any atom is 0.418 e. The van der Waals surface area contributed by atoms with Crippen molar-refractivity contribution in [3.63, 3.8) is 0 Å². The number of amides is 2. The molecule has 2 aromatic carbocycles. The lowest BCUT2D eigenvalue weighted by molar-refractivity contribution is -0.137. The Morgan fingerprint density at radius 2 is 1.62 bits per heavy atom. The molecule has 0 unspecified atom stereocenters. The molecule has 2 N–H and O–H groups in total. The molecule has 3 aromatic rings. The third kappa shape index (κ3) is 4.66. The fourth-order valence-corrected chi connectivity index (χ4v) is 3.05. The normalized spacial score (nSPS) is 11.1. The Kier molecular flexibility index (Phi) is 6.37. The highest BCUT2D eigenvalue weighted by molar-refractivity contribution is 6.43. The summed E-state index contributed by atoms with van der Waals surface area (Å²) in [5, 5.41) is 8.50. The molecule has 0 bridgehead atoms. The Morgan fingerprint density at radius 3 is 2.28 bits per heavy atom. The predicted octanol–water partition coefficient (Wildman–Crippen LogP) is 3.70. The van der Waals surface area contributed by atoms with Crippen molar-refractivity contribution in [2.45, 2.75) is 6.18 Å². The van der Waals surface area contributed by atoms with E-state index in [2.05, 4.69) is 10.4 Å². The minimum absolute atomic E-state index is 0.216. The van der Waals surface area contributed by atoms with Gasteiger partial charge in [0.25, 0.3) is 0 Å². The molecule has 0 fully saturated rings. The van der Waals surface area contributed by atoms with Gasteiger partial charge >= 0.3 is 18.0 Å². The van der Waals surface area contributed by atoms with Gasteiger partial charge in [-0.05, 0) is 30.3 Å². The van der Waals surface area contributed by atoms with Crippen molar-refractivity contribution in [3.05, 3.63) is 54.2 Å². The van der Waals surface area contributed by atoms with E-state index in [0.29, 0.717) is 22.8 Å². The molecule has 8 nitrogen and oxygen atoms in total. The van der Waals surface area contributed by atoms with Gasteiger partial charge in [0.15, 0.2) is 5.75 Å². The third-order valence-electron chi connectivity index (χ3n) is 4.52. The lowest BCUT2D eigenvalue weighted by Gasteiger charge is -2.14. The highest BCUT2D eigenvalue weighted by Crippen LogP contribution is 2.38. The van der Waals surface area contributed by atoms with Crippen LogP contribution in [0.4, 0.5) is 24.5 Å². The summed E-state index contributed by atoms with van der Waals surface area (Å²) in [4.78, 5) is 24.6. The van der Waals surface area contributed by atoms with E-state index in [4.69, 9.17) is 9.47 Å². The Hall–Kier alpha value is -4.02. The molecule has 0 aliphatic carbocycles. The molecule has 1 aromatic heterocycles. The second-order valence-corrected chi connectivity index (χ2v) is 6.55. The SMILES string of the molecule is COc1ccc(NC(=O)C(=O)Nc2ccccc2C(F)(F)F)cc1-c1c(OC)cnn1C. The number of hydrogen-bond donors (Lipinski definition) is 2. The van der Waals surface area contributed by atoms with Crippen molar-refractivity contribution in [2.75, 3.05) is 24.9 Å². The number of nitrogens with zero attached hydrogens (tertiary/aromatic N) is 2. The topological polar surface area (TPSA) is 94.5 Å². The van der Waals surface area contributed by atoms with Crippen LogP contribution < -0.4 is 20.1 Å². The number of nitrogens with one attached hydrogen (secondary N) is 2. The second-order valence-electron chi connectivity index (χ2n) is 6.55. The number of methoxy groups -OCH3 is 2. The van der Waals surface area contributed by atoms with E-state index in [1.807, 2.05) is 5.32 Å². The average Bonchev–Trinajstić information content (AvgIpc) is 3.13. The zero-order valence-corrected chi connectivity index (χ0v) is 17.3. The molecule has 0 aliphatic rings. The molecule has 1 heterocycles. The molecule has 32 heavy (non-hydrogen) atoms. The molecule has 0 saturated heterocycles. The molecule has 168 valence electrons. The molecule has 2 amide bonds. The van der Waals surface area contributed by atoms with Crippen LogP contribution in [-0.2, 0) is 22.8 Å². The zero-order chi connectivity index (χ0) is 23.5. The maximum atomic E-state index is 13.1. The third-order valence-corrected chi connectivity index (χ3v) is 4.52. The summed E-state index contributed by atoms with van der Waals surface area (Å²) in [6.45, 7) is 0. The van der Waals surface area contributed by atoms with Gasteiger partial charge in [-0.25, -0.2) is 0 Å². The Bertz CT molecular complexity index is 1160. The summed E-state index contributed by atoms with van der Waals surface area (Å²) in [7, 11) is 4.63. The van der Waals surface area contributed by atoms with Crippen molar-refractivity contribution in [1.82, 2.24) is 9.78 Å². The van der Waals surface area contributed by atoms with E-state index in [9.17, 15) is 22.8 Å². The lowest BCUT2D eigenvalue weighted by atomic mass is 10.1. The summed E-state index contributed by atoms with van der Waals surface area (Å²) in [5.41, 5.74) is -0.284. The number of carbonyl (C=O) groups excluding carboxylic acids is 2. The van der Waals surface area contributed by atoms with Crippen LogP contribution in [0.25, 0.3) is 11.3 Å². The molecule has 3 rings (SSSR count). The molecular formula is C21H19F3N4O4. The Morgan fingerprint density at radius 1 is 0.969 bits per heavy atom. The van der Waals surface area contributed by atoms with Gasteiger partial charge in [0.2, 0.25) is 0 Å². The first-order valence-corrected chi connectivity index (χ1v) is 9.18. The molecule has 11 heteroatoms. The number of benzene rings is 2. The van der Waals surface area contributed by atoms with Crippen LogP contribution in [0.2, 0.25) is 0 Å². The van der Waals surface area contributed by atoms with Crippen LogP contribution in [0.3, 0.4) is 0 Å². The summed E-state index contributed by atoms with van der Waals surface area (Å²) in [5.74, 6) is -1.49. The zero-order valence-electron chi connectivity index (χ0n) is 17.3. The van der Waals surface area contributed by atoms with Crippen molar-refractivity contribution < 1.29 is 32.2 Å². The standard InChI is InChI=1S/C21H19F3N4O4/c1-28-18(17(32-3)11-25-28)13-10-12(8-9-16(13)31-2)26-19(29)20(30)27-15-7-5-4-6-14(15)21(22,23)24/h4-11H,1-3H3,(H,26,29)(H,27,30). The Labute approximate surface area is 180 Å². The first-order valence-electron chi connectivity index (χ1n) is 9.18. The smallest absolute Gasteiger partial charge is 0.418 e. The number of halogens is 3. The van der Waals surface area contributed by atoms with Crippen LogP contribution >= 0.6 is 0 Å². The number of para-hydroxylation sites is 1. The van der Waals surface area contributed by atoms with Crippen molar-refractivity contribution in [3.8, 4) is 22.8 Å². The molecular weight excluding hydrogens is 429 g/mol. The van der Waals surface area contributed by atoms with E-state index in [-0.39, 0.29) is 5.69 Å². The van der Waals surface area contributed by atoms with Gasteiger partial charge in [-0.2, -0.15) is 18.3 Å². The van der Waals surface area contributed by atoms with Crippen molar-refractivity contribution >= 4 is 23.2 Å². The first-order chi connectivity index (χ1) is 15.2. The molecule has 0 atom stereocenters. The highest BCUT2D eigenvalue weighted by atomic mass is 19.4. The van der Waals surface area contributed by atoms with Crippen molar-refractivity contribution in [1.29, 1.82) is 0 Å². The number of anilines is 2. The predicted molar refractivity (Wildman–Crippen MR) is 110 cm³/mol.